The van der Waals surface area contributed by atoms with E-state index in [1.54, 1.807) is 4.68 Å². The van der Waals surface area contributed by atoms with Crippen LogP contribution in [0.5, 0.6) is 0 Å². The van der Waals surface area contributed by atoms with Crippen LogP contribution < -0.4 is 10.6 Å². The fourth-order valence-corrected chi connectivity index (χ4v) is 2.69. The second kappa shape index (κ2) is 7.61. The monoisotopic (exact) mass is 336 g/mol. The number of carbonyl (C=O) groups excluding carboxylic acids is 2. The van der Waals surface area contributed by atoms with Crippen LogP contribution in [0.4, 0.5) is 0 Å². The lowest BCUT2D eigenvalue weighted by Gasteiger charge is -2.06. The lowest BCUT2D eigenvalue weighted by atomic mass is 10.1. The number of benzene rings is 2. The predicted molar refractivity (Wildman–Crippen MR) is 95.7 cm³/mol. The summed E-state index contributed by atoms with van der Waals surface area (Å²) in [6.07, 6.45) is 0.263. The van der Waals surface area contributed by atoms with Gasteiger partial charge < -0.3 is 10.6 Å². The lowest BCUT2D eigenvalue weighted by Crippen LogP contribution is -2.37. The van der Waals surface area contributed by atoms with Crippen LogP contribution >= 0.6 is 0 Å². The highest BCUT2D eigenvalue weighted by molar-refractivity contribution is 5.86. The summed E-state index contributed by atoms with van der Waals surface area (Å²) in [6, 6.07) is 17.3. The van der Waals surface area contributed by atoms with Crippen molar-refractivity contribution in [1.82, 2.24) is 20.4 Å². The maximum absolute atomic E-state index is 12.0. The summed E-state index contributed by atoms with van der Waals surface area (Å²) < 4.78 is 1.79. The number of carbonyl (C=O) groups is 2. The van der Waals surface area contributed by atoms with Crippen LogP contribution in [0.25, 0.3) is 10.9 Å². The molecule has 0 aliphatic rings. The van der Waals surface area contributed by atoms with Gasteiger partial charge in [0.1, 0.15) is 0 Å². The third kappa shape index (κ3) is 4.23. The van der Waals surface area contributed by atoms with Crippen LogP contribution in [-0.2, 0) is 29.6 Å². The summed E-state index contributed by atoms with van der Waals surface area (Å²) in [6.45, 7) is 0.283. The molecule has 0 aliphatic carbocycles. The zero-order valence-corrected chi connectivity index (χ0v) is 14.0. The molecule has 0 aliphatic heterocycles. The van der Waals surface area contributed by atoms with Crippen molar-refractivity contribution in [2.75, 3.05) is 6.54 Å². The van der Waals surface area contributed by atoms with Crippen molar-refractivity contribution in [3.05, 3.63) is 65.9 Å². The van der Waals surface area contributed by atoms with Gasteiger partial charge in [0.05, 0.1) is 30.7 Å². The van der Waals surface area contributed by atoms with Crippen molar-refractivity contribution in [3.8, 4) is 0 Å². The molecule has 0 saturated heterocycles. The van der Waals surface area contributed by atoms with Gasteiger partial charge in [0.15, 0.2) is 0 Å². The molecule has 0 atom stereocenters. The first-order valence-corrected chi connectivity index (χ1v) is 8.11. The Morgan fingerprint density at radius 1 is 0.960 bits per heavy atom. The van der Waals surface area contributed by atoms with Gasteiger partial charge in [-0.05, 0) is 11.6 Å². The Hall–Kier alpha value is -3.15. The van der Waals surface area contributed by atoms with Gasteiger partial charge >= 0.3 is 0 Å². The topological polar surface area (TPSA) is 76.0 Å². The molecule has 0 spiro atoms. The highest BCUT2D eigenvalue weighted by atomic mass is 16.2. The summed E-state index contributed by atoms with van der Waals surface area (Å²) >= 11 is 0. The number of hydrogen-bond acceptors (Lipinski definition) is 3. The number of nitrogens with one attached hydrogen (secondary N) is 2. The van der Waals surface area contributed by atoms with Crippen LogP contribution in [0, 0.1) is 0 Å². The SMILES string of the molecule is Cn1nc(CNC(=O)CNC(=O)Cc2ccccc2)c2ccccc21. The van der Waals surface area contributed by atoms with Gasteiger partial charge in [-0.25, -0.2) is 0 Å². The number of rotatable bonds is 6. The highest BCUT2D eigenvalue weighted by Crippen LogP contribution is 2.16. The molecule has 6 heteroatoms. The van der Waals surface area contributed by atoms with Gasteiger partial charge in [-0.2, -0.15) is 5.10 Å². The van der Waals surface area contributed by atoms with E-state index in [0.29, 0.717) is 6.54 Å². The number of amides is 2. The summed E-state index contributed by atoms with van der Waals surface area (Å²) in [7, 11) is 1.87. The molecule has 128 valence electrons. The van der Waals surface area contributed by atoms with E-state index >= 15 is 0 Å². The molecular formula is C19H20N4O2. The first kappa shape index (κ1) is 16.7. The summed E-state index contributed by atoms with van der Waals surface area (Å²) in [5, 5.41) is 10.9. The number of aromatic nitrogens is 2. The van der Waals surface area contributed by atoms with Gasteiger partial charge in [0.25, 0.3) is 0 Å². The molecule has 1 heterocycles. The molecule has 1 aromatic heterocycles. The van der Waals surface area contributed by atoms with Gasteiger partial charge in [-0.1, -0.05) is 48.5 Å². The maximum atomic E-state index is 12.0. The Morgan fingerprint density at radius 2 is 1.68 bits per heavy atom. The molecule has 2 N–H and O–H groups in total. The van der Waals surface area contributed by atoms with Crippen molar-refractivity contribution >= 4 is 22.7 Å². The van der Waals surface area contributed by atoms with Crippen molar-refractivity contribution in [3.63, 3.8) is 0 Å². The van der Waals surface area contributed by atoms with E-state index in [1.807, 2.05) is 61.6 Å². The molecule has 0 fully saturated rings. The van der Waals surface area contributed by atoms with Crippen molar-refractivity contribution < 1.29 is 9.59 Å². The molecule has 3 aromatic rings. The van der Waals surface area contributed by atoms with Crippen LogP contribution in [0.1, 0.15) is 11.3 Å². The Balaban J connectivity index is 1.48. The quantitative estimate of drug-likeness (QED) is 0.717. The van der Waals surface area contributed by atoms with E-state index in [9.17, 15) is 9.59 Å². The third-order valence-electron chi connectivity index (χ3n) is 3.94. The van der Waals surface area contributed by atoms with E-state index in [4.69, 9.17) is 0 Å². The maximum Gasteiger partial charge on any atom is 0.239 e. The van der Waals surface area contributed by atoms with Crippen LogP contribution in [0.15, 0.2) is 54.6 Å². The zero-order valence-electron chi connectivity index (χ0n) is 14.0. The van der Waals surface area contributed by atoms with Crippen LogP contribution in [-0.4, -0.2) is 28.1 Å². The molecule has 0 radical (unpaired) electrons. The lowest BCUT2D eigenvalue weighted by molar-refractivity contribution is -0.125. The Morgan fingerprint density at radius 3 is 2.48 bits per heavy atom. The smallest absolute Gasteiger partial charge is 0.239 e. The molecule has 0 saturated carbocycles. The van der Waals surface area contributed by atoms with Crippen LogP contribution in [0.3, 0.4) is 0 Å². The minimum atomic E-state index is -0.240. The average Bonchev–Trinajstić information content (AvgIpc) is 2.95. The molecular weight excluding hydrogens is 316 g/mol. The normalized spacial score (nSPS) is 10.6. The molecule has 3 rings (SSSR count). The number of fused-ring (bicyclic) bond motifs is 1. The molecule has 2 amide bonds. The minimum Gasteiger partial charge on any atom is -0.349 e. The zero-order chi connectivity index (χ0) is 17.6. The second-order valence-electron chi connectivity index (χ2n) is 5.80. The first-order valence-electron chi connectivity index (χ1n) is 8.11. The molecule has 6 nitrogen and oxygen atoms in total. The fraction of sp³-hybridized carbons (Fsp3) is 0.211. The van der Waals surface area contributed by atoms with Gasteiger partial charge in [0, 0.05) is 12.4 Å². The van der Waals surface area contributed by atoms with Gasteiger partial charge in [0.2, 0.25) is 11.8 Å². The molecule has 25 heavy (non-hydrogen) atoms. The number of hydrogen-bond donors (Lipinski definition) is 2. The Labute approximate surface area is 145 Å². The second-order valence-corrected chi connectivity index (χ2v) is 5.80. The van der Waals surface area contributed by atoms with Crippen molar-refractivity contribution in [2.24, 2.45) is 7.05 Å². The van der Waals surface area contributed by atoms with Gasteiger partial charge in [-0.15, -0.1) is 0 Å². The van der Waals surface area contributed by atoms with Gasteiger partial charge in [-0.3, -0.25) is 14.3 Å². The minimum absolute atomic E-state index is 0.0452. The molecule has 2 aromatic carbocycles. The standard InChI is InChI=1S/C19H20N4O2/c1-23-17-10-6-5-9-15(17)16(22-23)12-20-19(25)13-21-18(24)11-14-7-3-2-4-8-14/h2-10H,11-13H2,1H3,(H,20,25)(H,21,24). The fourth-order valence-electron chi connectivity index (χ4n) is 2.69. The Kier molecular flexibility index (Phi) is 5.09. The predicted octanol–water partition coefficient (Wildman–Crippen LogP) is 1.55. The van der Waals surface area contributed by atoms with E-state index < -0.39 is 0 Å². The largest absolute Gasteiger partial charge is 0.349 e. The highest BCUT2D eigenvalue weighted by Gasteiger charge is 2.10. The third-order valence-corrected chi connectivity index (χ3v) is 3.94. The number of para-hydroxylation sites is 1. The summed E-state index contributed by atoms with van der Waals surface area (Å²) in [5.74, 6) is -0.416. The summed E-state index contributed by atoms with van der Waals surface area (Å²) in [5.41, 5.74) is 2.74. The Bertz CT molecular complexity index is 887. The van der Waals surface area contributed by atoms with E-state index in [-0.39, 0.29) is 24.8 Å². The van der Waals surface area contributed by atoms with E-state index in [1.165, 1.54) is 0 Å². The number of nitrogens with zero attached hydrogens (tertiary/aromatic N) is 2. The van der Waals surface area contributed by atoms with E-state index in [0.717, 1.165) is 22.2 Å². The van der Waals surface area contributed by atoms with E-state index in [2.05, 4.69) is 15.7 Å². The summed E-state index contributed by atoms with van der Waals surface area (Å²) in [4.78, 5) is 23.8. The number of aryl methyl sites for hydroxylation is 1. The first-order chi connectivity index (χ1) is 12.1. The van der Waals surface area contributed by atoms with Crippen molar-refractivity contribution in [2.45, 2.75) is 13.0 Å². The van der Waals surface area contributed by atoms with Crippen LogP contribution in [0.2, 0.25) is 0 Å². The van der Waals surface area contributed by atoms with Crippen molar-refractivity contribution in [1.29, 1.82) is 0 Å². The molecule has 0 bridgehead atoms. The molecule has 0 unspecified atom stereocenters. The average molecular weight is 336 g/mol.